The number of likely N-dealkylation sites (N-methyl/N-ethyl adjacent to an activating group) is 1. The number of benzene rings is 2. The Hall–Kier alpha value is -2.53. The summed E-state index contributed by atoms with van der Waals surface area (Å²) < 4.78 is 5.46. The molecule has 5 heteroatoms. The fourth-order valence-electron chi connectivity index (χ4n) is 2.71. The second kappa shape index (κ2) is 8.53. The molecule has 2 rings (SSSR count). The summed E-state index contributed by atoms with van der Waals surface area (Å²) in [4.78, 5) is 16.5. The maximum Gasteiger partial charge on any atom is 0.251 e. The smallest absolute Gasteiger partial charge is 0.251 e. The van der Waals surface area contributed by atoms with E-state index in [9.17, 15) is 4.79 Å². The van der Waals surface area contributed by atoms with Crippen LogP contribution in [0.1, 0.15) is 22.0 Å². The van der Waals surface area contributed by atoms with Gasteiger partial charge in [0.2, 0.25) is 0 Å². The van der Waals surface area contributed by atoms with Gasteiger partial charge in [0, 0.05) is 37.5 Å². The number of carbonyl (C=O) groups excluding carboxylic acids is 1. The molecule has 0 saturated carbocycles. The first-order valence-electron chi connectivity index (χ1n) is 8.29. The molecular formula is C20H27N3O2. The number of para-hydroxylation sites is 1. The molecule has 0 bridgehead atoms. The molecule has 0 aliphatic heterocycles. The van der Waals surface area contributed by atoms with E-state index in [0.717, 1.165) is 17.0 Å². The molecule has 1 amide bonds. The Morgan fingerprint density at radius 2 is 1.68 bits per heavy atom. The second-order valence-corrected chi connectivity index (χ2v) is 6.37. The minimum Gasteiger partial charge on any atom is -0.496 e. The molecule has 5 nitrogen and oxygen atoms in total. The van der Waals surface area contributed by atoms with Gasteiger partial charge in [0.15, 0.2) is 0 Å². The molecule has 0 fully saturated rings. The standard InChI is InChI=1S/C20H27N3O2/c1-22(2)16-12-10-15(11-13-16)20(24)21-14-18(23(3)4)17-8-6-7-9-19(17)25-5/h6-13,18H,14H2,1-5H3,(H,21,24). The molecule has 2 aromatic carbocycles. The third kappa shape index (κ3) is 4.73. The van der Waals surface area contributed by atoms with E-state index in [0.29, 0.717) is 12.1 Å². The van der Waals surface area contributed by atoms with Gasteiger partial charge in [-0.15, -0.1) is 0 Å². The number of anilines is 1. The maximum absolute atomic E-state index is 12.5. The van der Waals surface area contributed by atoms with Crippen molar-refractivity contribution in [2.75, 3.05) is 46.7 Å². The molecule has 0 saturated heterocycles. The average molecular weight is 341 g/mol. The van der Waals surface area contributed by atoms with Crippen LogP contribution in [0.2, 0.25) is 0 Å². The molecular weight excluding hydrogens is 314 g/mol. The van der Waals surface area contributed by atoms with E-state index in [2.05, 4.69) is 10.2 Å². The van der Waals surface area contributed by atoms with Crippen LogP contribution in [0, 0.1) is 0 Å². The summed E-state index contributed by atoms with van der Waals surface area (Å²) in [6.07, 6.45) is 0. The zero-order chi connectivity index (χ0) is 18.4. The van der Waals surface area contributed by atoms with Gasteiger partial charge in [-0.3, -0.25) is 4.79 Å². The number of methoxy groups -OCH3 is 1. The molecule has 1 unspecified atom stereocenters. The van der Waals surface area contributed by atoms with Crippen molar-refractivity contribution >= 4 is 11.6 Å². The van der Waals surface area contributed by atoms with Crippen molar-refractivity contribution in [1.29, 1.82) is 0 Å². The van der Waals surface area contributed by atoms with Gasteiger partial charge in [0.1, 0.15) is 5.75 Å². The number of hydrogen-bond donors (Lipinski definition) is 1. The van der Waals surface area contributed by atoms with Gasteiger partial charge < -0.3 is 19.9 Å². The zero-order valence-electron chi connectivity index (χ0n) is 15.6. The largest absolute Gasteiger partial charge is 0.496 e. The second-order valence-electron chi connectivity index (χ2n) is 6.37. The van der Waals surface area contributed by atoms with Crippen LogP contribution in [-0.4, -0.2) is 52.7 Å². The number of ether oxygens (including phenoxy) is 1. The number of nitrogens with zero attached hydrogens (tertiary/aromatic N) is 2. The average Bonchev–Trinajstić information content (AvgIpc) is 2.61. The lowest BCUT2D eigenvalue weighted by molar-refractivity contribution is 0.0941. The Morgan fingerprint density at radius 1 is 1.04 bits per heavy atom. The van der Waals surface area contributed by atoms with Gasteiger partial charge in [-0.25, -0.2) is 0 Å². The van der Waals surface area contributed by atoms with Crippen molar-refractivity contribution in [3.05, 3.63) is 59.7 Å². The van der Waals surface area contributed by atoms with E-state index in [1.165, 1.54) is 0 Å². The number of rotatable bonds is 7. The molecule has 0 aliphatic carbocycles. The number of amides is 1. The van der Waals surface area contributed by atoms with Crippen molar-refractivity contribution in [2.45, 2.75) is 6.04 Å². The third-order valence-electron chi connectivity index (χ3n) is 4.22. The van der Waals surface area contributed by atoms with Crippen molar-refractivity contribution in [2.24, 2.45) is 0 Å². The van der Waals surface area contributed by atoms with Gasteiger partial charge in [-0.1, -0.05) is 18.2 Å². The SMILES string of the molecule is COc1ccccc1C(CNC(=O)c1ccc(N(C)C)cc1)N(C)C. The Labute approximate surface area is 150 Å². The van der Waals surface area contributed by atoms with Crippen LogP contribution < -0.4 is 15.0 Å². The predicted molar refractivity (Wildman–Crippen MR) is 103 cm³/mol. The van der Waals surface area contributed by atoms with Crippen molar-refractivity contribution in [3.63, 3.8) is 0 Å². The minimum atomic E-state index is -0.0768. The minimum absolute atomic E-state index is 0.0288. The zero-order valence-corrected chi connectivity index (χ0v) is 15.6. The van der Waals surface area contributed by atoms with E-state index in [-0.39, 0.29) is 11.9 Å². The molecule has 1 atom stereocenters. The monoisotopic (exact) mass is 341 g/mol. The van der Waals surface area contributed by atoms with Gasteiger partial charge >= 0.3 is 0 Å². The van der Waals surface area contributed by atoms with E-state index in [1.54, 1.807) is 7.11 Å². The van der Waals surface area contributed by atoms with Gasteiger partial charge in [0.05, 0.1) is 13.2 Å². The highest BCUT2D eigenvalue weighted by Crippen LogP contribution is 2.27. The molecule has 0 aromatic heterocycles. The lowest BCUT2D eigenvalue weighted by atomic mass is 10.0. The normalized spacial score (nSPS) is 11.9. The van der Waals surface area contributed by atoms with E-state index in [1.807, 2.05) is 81.6 Å². The number of nitrogens with one attached hydrogen (secondary N) is 1. The summed E-state index contributed by atoms with van der Waals surface area (Å²) >= 11 is 0. The topological polar surface area (TPSA) is 44.8 Å². The van der Waals surface area contributed by atoms with Gasteiger partial charge in [-0.2, -0.15) is 0 Å². The Kier molecular flexibility index (Phi) is 6.42. The summed E-state index contributed by atoms with van der Waals surface area (Å²) in [5, 5.41) is 3.03. The molecule has 2 aromatic rings. The van der Waals surface area contributed by atoms with Crippen molar-refractivity contribution in [1.82, 2.24) is 10.2 Å². The van der Waals surface area contributed by atoms with Crippen LogP contribution in [0.4, 0.5) is 5.69 Å². The Bertz CT molecular complexity index is 696. The van der Waals surface area contributed by atoms with Crippen LogP contribution in [0.15, 0.2) is 48.5 Å². The van der Waals surface area contributed by atoms with Gasteiger partial charge in [-0.05, 0) is 44.4 Å². The van der Waals surface area contributed by atoms with Crippen molar-refractivity contribution in [3.8, 4) is 5.75 Å². The Balaban J connectivity index is 2.09. The molecule has 134 valence electrons. The fourth-order valence-corrected chi connectivity index (χ4v) is 2.71. The summed E-state index contributed by atoms with van der Waals surface area (Å²) in [6.45, 7) is 0.502. The molecule has 0 aliphatic rings. The first kappa shape index (κ1) is 18.8. The number of carbonyl (C=O) groups is 1. The quantitative estimate of drug-likeness (QED) is 0.841. The molecule has 25 heavy (non-hydrogen) atoms. The molecule has 0 spiro atoms. The van der Waals surface area contributed by atoms with Crippen LogP contribution in [0.3, 0.4) is 0 Å². The lowest BCUT2D eigenvalue weighted by Crippen LogP contribution is -2.34. The first-order valence-corrected chi connectivity index (χ1v) is 8.29. The summed E-state index contributed by atoms with van der Waals surface area (Å²) in [5.41, 5.74) is 2.78. The third-order valence-corrected chi connectivity index (χ3v) is 4.22. The molecule has 0 heterocycles. The summed E-state index contributed by atoms with van der Waals surface area (Å²) in [5.74, 6) is 0.748. The van der Waals surface area contributed by atoms with E-state index >= 15 is 0 Å². The van der Waals surface area contributed by atoms with Gasteiger partial charge in [0.25, 0.3) is 5.91 Å². The summed E-state index contributed by atoms with van der Waals surface area (Å²) in [6, 6.07) is 15.5. The first-order chi connectivity index (χ1) is 11.9. The maximum atomic E-state index is 12.5. The highest BCUT2D eigenvalue weighted by Gasteiger charge is 2.19. The fraction of sp³-hybridized carbons (Fsp3) is 0.350. The van der Waals surface area contributed by atoms with Crippen molar-refractivity contribution < 1.29 is 9.53 Å². The van der Waals surface area contributed by atoms with Crippen LogP contribution in [0.25, 0.3) is 0 Å². The summed E-state index contributed by atoms with van der Waals surface area (Å²) in [7, 11) is 9.61. The van der Waals surface area contributed by atoms with Crippen LogP contribution >= 0.6 is 0 Å². The highest BCUT2D eigenvalue weighted by molar-refractivity contribution is 5.94. The predicted octanol–water partition coefficient (Wildman–Crippen LogP) is 2.79. The van der Waals surface area contributed by atoms with Crippen LogP contribution in [0.5, 0.6) is 5.75 Å². The van der Waals surface area contributed by atoms with Crippen LogP contribution in [-0.2, 0) is 0 Å². The van der Waals surface area contributed by atoms with E-state index < -0.39 is 0 Å². The molecule has 0 radical (unpaired) electrons. The Morgan fingerprint density at radius 3 is 2.24 bits per heavy atom. The number of hydrogen-bond acceptors (Lipinski definition) is 4. The highest BCUT2D eigenvalue weighted by atomic mass is 16.5. The lowest BCUT2D eigenvalue weighted by Gasteiger charge is -2.26. The van der Waals surface area contributed by atoms with E-state index in [4.69, 9.17) is 4.74 Å². The molecule has 1 N–H and O–H groups in total.